The van der Waals surface area contributed by atoms with Gasteiger partial charge in [-0.3, -0.25) is 0 Å². The molecule has 4 nitrogen and oxygen atoms in total. The Labute approximate surface area is 127 Å². The van der Waals surface area contributed by atoms with Gasteiger partial charge in [0.1, 0.15) is 0 Å². The van der Waals surface area contributed by atoms with Crippen LogP contribution in [0.3, 0.4) is 0 Å². The highest BCUT2D eigenvalue weighted by atomic mass is 32.1. The smallest absolute Gasteiger partial charge is 0.185 e. The zero-order valence-corrected chi connectivity index (χ0v) is 14.1. The molecule has 1 fully saturated rings. The maximum absolute atomic E-state index is 4.96. The monoisotopic (exact) mass is 296 g/mol. The van der Waals surface area contributed by atoms with E-state index in [1.54, 1.807) is 0 Å². The van der Waals surface area contributed by atoms with E-state index in [1.807, 2.05) is 18.4 Å². The zero-order valence-electron chi connectivity index (χ0n) is 13.3. The number of piperazine rings is 1. The molecule has 1 saturated heterocycles. The van der Waals surface area contributed by atoms with Crippen molar-refractivity contribution in [1.29, 1.82) is 0 Å². The van der Waals surface area contributed by atoms with Gasteiger partial charge in [0.05, 0.1) is 5.69 Å². The van der Waals surface area contributed by atoms with Gasteiger partial charge in [0.2, 0.25) is 0 Å². The molecule has 2 rings (SSSR count). The van der Waals surface area contributed by atoms with E-state index in [-0.39, 0.29) is 0 Å². The number of hydrogen-bond donors (Lipinski definition) is 1. The largest absolute Gasteiger partial charge is 0.346 e. The van der Waals surface area contributed by atoms with E-state index in [0.717, 1.165) is 45.7 Å². The third-order valence-corrected chi connectivity index (χ3v) is 5.35. The Bertz CT molecular complexity index is 410. The van der Waals surface area contributed by atoms with Gasteiger partial charge in [-0.05, 0) is 25.9 Å². The number of thiazole rings is 1. The highest BCUT2D eigenvalue weighted by molar-refractivity contribution is 7.15. The Morgan fingerprint density at radius 3 is 2.50 bits per heavy atom. The highest BCUT2D eigenvalue weighted by Crippen LogP contribution is 2.32. The summed E-state index contributed by atoms with van der Waals surface area (Å²) in [5, 5.41) is 4.50. The molecule has 1 aromatic heterocycles. The van der Waals surface area contributed by atoms with Crippen LogP contribution < -0.4 is 10.2 Å². The number of anilines is 1. The van der Waals surface area contributed by atoms with E-state index in [4.69, 9.17) is 4.98 Å². The first-order valence-corrected chi connectivity index (χ1v) is 8.62. The van der Waals surface area contributed by atoms with Crippen LogP contribution in [0, 0.1) is 0 Å². The fraction of sp³-hybridized carbons (Fsp3) is 0.800. The summed E-state index contributed by atoms with van der Waals surface area (Å²) in [5.41, 5.74) is 1.31. The summed E-state index contributed by atoms with van der Waals surface area (Å²) in [6, 6.07) is 0. The van der Waals surface area contributed by atoms with E-state index in [0.29, 0.717) is 5.92 Å². The summed E-state index contributed by atoms with van der Waals surface area (Å²) in [7, 11) is 2.01. The second-order valence-electron chi connectivity index (χ2n) is 5.57. The molecule has 20 heavy (non-hydrogen) atoms. The third kappa shape index (κ3) is 3.51. The average Bonchev–Trinajstić information content (AvgIpc) is 2.91. The van der Waals surface area contributed by atoms with Crippen molar-refractivity contribution in [3.8, 4) is 0 Å². The Morgan fingerprint density at radius 1 is 1.25 bits per heavy atom. The first-order chi connectivity index (χ1) is 9.69. The van der Waals surface area contributed by atoms with E-state index in [9.17, 15) is 0 Å². The molecule has 1 aliphatic rings. The number of hydrogen-bond acceptors (Lipinski definition) is 5. The molecule has 0 aromatic carbocycles. The van der Waals surface area contributed by atoms with Crippen LogP contribution in [0.5, 0.6) is 0 Å². The zero-order chi connectivity index (χ0) is 14.5. The SMILES string of the molecule is CCC(C)c1nc(N2CCN(CC)CC2)sc1CNC. The molecule has 114 valence electrons. The van der Waals surface area contributed by atoms with Crippen molar-refractivity contribution in [1.82, 2.24) is 15.2 Å². The normalized spacial score (nSPS) is 18.5. The predicted octanol–water partition coefficient (Wildman–Crippen LogP) is 2.52. The first kappa shape index (κ1) is 15.7. The molecule has 0 spiro atoms. The van der Waals surface area contributed by atoms with Crippen molar-refractivity contribution in [3.05, 3.63) is 10.6 Å². The Balaban J connectivity index is 2.12. The minimum atomic E-state index is 0.556. The molecule has 1 atom stereocenters. The van der Waals surface area contributed by atoms with E-state index in [2.05, 4.69) is 35.9 Å². The quantitative estimate of drug-likeness (QED) is 0.874. The predicted molar refractivity (Wildman–Crippen MR) is 87.9 cm³/mol. The summed E-state index contributed by atoms with van der Waals surface area (Å²) in [5.74, 6) is 0.556. The van der Waals surface area contributed by atoms with Gasteiger partial charge in [-0.2, -0.15) is 0 Å². The van der Waals surface area contributed by atoms with Gasteiger partial charge in [-0.25, -0.2) is 4.98 Å². The van der Waals surface area contributed by atoms with Crippen LogP contribution in [0.2, 0.25) is 0 Å². The number of aromatic nitrogens is 1. The number of nitrogens with zero attached hydrogens (tertiary/aromatic N) is 3. The lowest BCUT2D eigenvalue weighted by molar-refractivity contribution is 0.271. The van der Waals surface area contributed by atoms with Crippen molar-refractivity contribution in [2.75, 3.05) is 44.7 Å². The van der Waals surface area contributed by atoms with Crippen molar-refractivity contribution < 1.29 is 0 Å². The van der Waals surface area contributed by atoms with Crippen LogP contribution >= 0.6 is 11.3 Å². The fourth-order valence-electron chi connectivity index (χ4n) is 2.61. The minimum Gasteiger partial charge on any atom is -0.346 e. The second-order valence-corrected chi connectivity index (χ2v) is 6.63. The molecular formula is C15H28N4S. The van der Waals surface area contributed by atoms with Gasteiger partial charge in [-0.15, -0.1) is 11.3 Å². The Hall–Kier alpha value is -0.650. The van der Waals surface area contributed by atoms with E-state index in [1.165, 1.54) is 15.7 Å². The lowest BCUT2D eigenvalue weighted by atomic mass is 10.0. The summed E-state index contributed by atoms with van der Waals surface area (Å²) in [6.07, 6.45) is 1.16. The molecular weight excluding hydrogens is 268 g/mol. The van der Waals surface area contributed by atoms with Gasteiger partial charge in [-0.1, -0.05) is 20.8 Å². The molecule has 1 N–H and O–H groups in total. The molecule has 0 bridgehead atoms. The van der Waals surface area contributed by atoms with Crippen molar-refractivity contribution >= 4 is 16.5 Å². The Kier molecular flexibility index (Phi) is 5.81. The van der Waals surface area contributed by atoms with Crippen LogP contribution in [0.1, 0.15) is 43.7 Å². The molecule has 0 aliphatic carbocycles. The lowest BCUT2D eigenvalue weighted by Gasteiger charge is -2.33. The van der Waals surface area contributed by atoms with Gasteiger partial charge in [0.25, 0.3) is 0 Å². The number of nitrogens with one attached hydrogen (secondary N) is 1. The van der Waals surface area contributed by atoms with Gasteiger partial charge < -0.3 is 15.1 Å². The topological polar surface area (TPSA) is 31.4 Å². The maximum atomic E-state index is 4.96. The molecule has 0 saturated carbocycles. The van der Waals surface area contributed by atoms with E-state index >= 15 is 0 Å². The standard InChI is InChI=1S/C15H28N4S/c1-5-12(3)14-13(11-16-4)20-15(17-14)19-9-7-18(6-2)8-10-19/h12,16H,5-11H2,1-4H3. The molecule has 0 amide bonds. The highest BCUT2D eigenvalue weighted by Gasteiger charge is 2.22. The Morgan fingerprint density at radius 2 is 1.95 bits per heavy atom. The summed E-state index contributed by atoms with van der Waals surface area (Å²) >= 11 is 1.88. The van der Waals surface area contributed by atoms with Crippen molar-refractivity contribution in [2.24, 2.45) is 0 Å². The summed E-state index contributed by atoms with van der Waals surface area (Å²) in [4.78, 5) is 11.3. The van der Waals surface area contributed by atoms with Gasteiger partial charge in [0.15, 0.2) is 5.13 Å². The maximum Gasteiger partial charge on any atom is 0.185 e. The number of rotatable bonds is 6. The molecule has 1 aliphatic heterocycles. The molecule has 1 aromatic rings. The van der Waals surface area contributed by atoms with Crippen molar-refractivity contribution in [3.63, 3.8) is 0 Å². The minimum absolute atomic E-state index is 0.556. The van der Waals surface area contributed by atoms with Crippen LogP contribution in [-0.4, -0.2) is 49.7 Å². The van der Waals surface area contributed by atoms with E-state index < -0.39 is 0 Å². The lowest BCUT2D eigenvalue weighted by Crippen LogP contribution is -2.46. The molecule has 2 heterocycles. The third-order valence-electron chi connectivity index (χ3n) is 4.22. The summed E-state index contributed by atoms with van der Waals surface area (Å²) in [6.45, 7) is 13.4. The van der Waals surface area contributed by atoms with Crippen LogP contribution in [0.15, 0.2) is 0 Å². The van der Waals surface area contributed by atoms with Crippen molar-refractivity contribution in [2.45, 2.75) is 39.7 Å². The number of likely N-dealkylation sites (N-methyl/N-ethyl adjacent to an activating group) is 1. The summed E-state index contributed by atoms with van der Waals surface area (Å²) < 4.78 is 0. The van der Waals surface area contributed by atoms with Gasteiger partial charge in [0, 0.05) is 37.6 Å². The average molecular weight is 296 g/mol. The van der Waals surface area contributed by atoms with Crippen LogP contribution in [0.4, 0.5) is 5.13 Å². The van der Waals surface area contributed by atoms with Crippen LogP contribution in [0.25, 0.3) is 0 Å². The second kappa shape index (κ2) is 7.38. The van der Waals surface area contributed by atoms with Gasteiger partial charge >= 0.3 is 0 Å². The molecule has 5 heteroatoms. The first-order valence-electron chi connectivity index (χ1n) is 7.81. The fourth-order valence-corrected chi connectivity index (χ4v) is 3.85. The van der Waals surface area contributed by atoms with Crippen LogP contribution in [-0.2, 0) is 6.54 Å². The molecule has 1 unspecified atom stereocenters. The molecule has 0 radical (unpaired) electrons.